The van der Waals surface area contributed by atoms with Crippen LogP contribution in [0.2, 0.25) is 10.0 Å². The van der Waals surface area contributed by atoms with E-state index in [0.29, 0.717) is 40.1 Å². The molecule has 40 heavy (non-hydrogen) atoms. The van der Waals surface area contributed by atoms with Gasteiger partial charge < -0.3 is 15.5 Å². The zero-order chi connectivity index (χ0) is 27.7. The molecule has 0 atom stereocenters. The molecule has 0 spiro atoms. The van der Waals surface area contributed by atoms with Crippen LogP contribution in [0.15, 0.2) is 85.2 Å². The van der Waals surface area contributed by atoms with Gasteiger partial charge >= 0.3 is 6.03 Å². The molecule has 202 valence electrons. The number of piperidine rings is 1. The monoisotopic (exact) mass is 571 g/mol. The second-order valence-corrected chi connectivity index (χ2v) is 10.9. The lowest BCUT2D eigenvalue weighted by Gasteiger charge is -2.40. The number of para-hydroxylation sites is 1. The Morgan fingerprint density at radius 1 is 0.900 bits per heavy atom. The van der Waals surface area contributed by atoms with E-state index in [1.807, 2.05) is 83.4 Å². The molecular formula is C30H27Cl2N7O. The van der Waals surface area contributed by atoms with Gasteiger partial charge in [0, 0.05) is 40.6 Å². The minimum atomic E-state index is -0.354. The smallest absolute Gasteiger partial charge is 0.319 e. The summed E-state index contributed by atoms with van der Waals surface area (Å²) >= 11 is 12.8. The summed E-state index contributed by atoms with van der Waals surface area (Å²) in [5, 5.41) is 7.32. The highest BCUT2D eigenvalue weighted by atomic mass is 35.5. The van der Waals surface area contributed by atoms with Crippen molar-refractivity contribution in [3.63, 3.8) is 0 Å². The fourth-order valence-electron chi connectivity index (χ4n) is 5.06. The average molecular weight is 573 g/mol. The minimum Gasteiger partial charge on any atom is -0.354 e. The lowest BCUT2D eigenvalue weighted by molar-refractivity contribution is 0.229. The van der Waals surface area contributed by atoms with Crippen molar-refractivity contribution in [3.05, 3.63) is 95.2 Å². The second kappa shape index (κ2) is 10.8. The van der Waals surface area contributed by atoms with E-state index in [-0.39, 0.29) is 11.6 Å². The molecule has 1 aliphatic heterocycles. The molecular weight excluding hydrogens is 545 g/mol. The van der Waals surface area contributed by atoms with Gasteiger partial charge in [-0.2, -0.15) is 0 Å². The van der Waals surface area contributed by atoms with Crippen LogP contribution in [-0.4, -0.2) is 44.2 Å². The lowest BCUT2D eigenvalue weighted by Crippen LogP contribution is -2.54. The highest BCUT2D eigenvalue weighted by molar-refractivity contribution is 6.33. The Labute approximate surface area is 242 Å². The predicted octanol–water partition coefficient (Wildman–Crippen LogP) is 6.97. The van der Waals surface area contributed by atoms with E-state index < -0.39 is 0 Å². The standard InChI is InChI=1S/C30H27Cl2N7O/c1-30(37-29(40)35-21-7-3-2-4-8-21)15-17-38(18-16-30)27-25-28(34-19-33-27)39(22-13-11-20(31)12-14-22)26(36-25)23-9-5-6-10-24(23)32/h2-14,19H,15-18H2,1H3,(H2,35,37,40). The number of anilines is 2. The van der Waals surface area contributed by atoms with Gasteiger partial charge in [-0.1, -0.05) is 53.5 Å². The molecule has 0 radical (unpaired) electrons. The molecule has 8 nitrogen and oxygen atoms in total. The lowest BCUT2D eigenvalue weighted by atomic mass is 9.89. The quantitative estimate of drug-likeness (QED) is 0.238. The van der Waals surface area contributed by atoms with Gasteiger partial charge in [0.1, 0.15) is 12.2 Å². The van der Waals surface area contributed by atoms with Crippen LogP contribution < -0.4 is 15.5 Å². The maximum absolute atomic E-state index is 12.7. The number of imidazole rings is 1. The number of amides is 2. The fourth-order valence-corrected chi connectivity index (χ4v) is 5.41. The van der Waals surface area contributed by atoms with Crippen molar-refractivity contribution in [3.8, 4) is 17.1 Å². The molecule has 10 heteroatoms. The molecule has 6 rings (SSSR count). The van der Waals surface area contributed by atoms with Crippen LogP contribution in [0.1, 0.15) is 19.8 Å². The SMILES string of the molecule is CC1(NC(=O)Nc2ccccc2)CCN(c2ncnc3c2nc(-c2ccccc2Cl)n3-c2ccc(Cl)cc2)CC1. The molecule has 5 aromatic rings. The highest BCUT2D eigenvalue weighted by Crippen LogP contribution is 2.36. The maximum atomic E-state index is 12.7. The summed E-state index contributed by atoms with van der Waals surface area (Å²) in [5.74, 6) is 1.42. The van der Waals surface area contributed by atoms with E-state index in [2.05, 4.69) is 32.4 Å². The zero-order valence-corrected chi connectivity index (χ0v) is 23.3. The first-order valence-electron chi connectivity index (χ1n) is 13.0. The van der Waals surface area contributed by atoms with Crippen molar-refractivity contribution in [1.82, 2.24) is 24.8 Å². The number of carbonyl (C=O) groups is 1. The Morgan fingerprint density at radius 3 is 2.33 bits per heavy atom. The summed E-state index contributed by atoms with van der Waals surface area (Å²) in [6.07, 6.45) is 3.06. The van der Waals surface area contributed by atoms with E-state index in [0.717, 1.165) is 35.6 Å². The number of fused-ring (bicyclic) bond motifs is 1. The van der Waals surface area contributed by atoms with Crippen molar-refractivity contribution in [2.24, 2.45) is 0 Å². The Balaban J connectivity index is 1.30. The van der Waals surface area contributed by atoms with Gasteiger partial charge in [-0.3, -0.25) is 4.57 Å². The first kappa shape index (κ1) is 26.1. The number of benzene rings is 3. The number of nitrogens with zero attached hydrogens (tertiary/aromatic N) is 5. The summed E-state index contributed by atoms with van der Waals surface area (Å²) in [6.45, 7) is 3.47. The molecule has 0 saturated carbocycles. The van der Waals surface area contributed by atoms with E-state index in [9.17, 15) is 4.79 Å². The summed E-state index contributed by atoms with van der Waals surface area (Å²) in [4.78, 5) is 29.2. The van der Waals surface area contributed by atoms with Crippen LogP contribution in [0, 0.1) is 0 Å². The van der Waals surface area contributed by atoms with Crippen LogP contribution >= 0.6 is 23.2 Å². The average Bonchev–Trinajstić information content (AvgIpc) is 3.34. The topological polar surface area (TPSA) is 88.0 Å². The molecule has 1 saturated heterocycles. The molecule has 0 aliphatic carbocycles. The van der Waals surface area contributed by atoms with Crippen molar-refractivity contribution >= 4 is 51.9 Å². The molecule has 0 unspecified atom stereocenters. The minimum absolute atomic E-state index is 0.210. The molecule has 2 aromatic heterocycles. The Bertz CT molecular complexity index is 1660. The molecule has 2 N–H and O–H groups in total. The van der Waals surface area contributed by atoms with E-state index in [1.54, 1.807) is 6.33 Å². The van der Waals surface area contributed by atoms with Crippen molar-refractivity contribution in [1.29, 1.82) is 0 Å². The van der Waals surface area contributed by atoms with E-state index >= 15 is 0 Å². The first-order chi connectivity index (χ1) is 19.4. The van der Waals surface area contributed by atoms with Gasteiger partial charge in [-0.15, -0.1) is 0 Å². The third-order valence-electron chi connectivity index (χ3n) is 7.24. The summed E-state index contributed by atoms with van der Waals surface area (Å²) in [5.41, 5.74) is 3.43. The van der Waals surface area contributed by atoms with E-state index in [1.165, 1.54) is 0 Å². The van der Waals surface area contributed by atoms with Gasteiger partial charge in [0.2, 0.25) is 0 Å². The molecule has 1 aliphatic rings. The third kappa shape index (κ3) is 5.20. The van der Waals surface area contributed by atoms with Crippen LogP contribution in [-0.2, 0) is 0 Å². The number of hydrogen-bond acceptors (Lipinski definition) is 5. The Morgan fingerprint density at radius 2 is 1.60 bits per heavy atom. The molecule has 3 aromatic carbocycles. The Hall–Kier alpha value is -4.14. The van der Waals surface area contributed by atoms with Crippen LogP contribution in [0.5, 0.6) is 0 Å². The third-order valence-corrected chi connectivity index (χ3v) is 7.82. The summed E-state index contributed by atoms with van der Waals surface area (Å²) in [7, 11) is 0. The number of urea groups is 1. The molecule has 0 bridgehead atoms. The van der Waals surface area contributed by atoms with Crippen molar-refractivity contribution in [2.75, 3.05) is 23.3 Å². The number of halogens is 2. The van der Waals surface area contributed by atoms with Crippen LogP contribution in [0.4, 0.5) is 16.3 Å². The van der Waals surface area contributed by atoms with E-state index in [4.69, 9.17) is 28.2 Å². The maximum Gasteiger partial charge on any atom is 0.319 e. The number of aromatic nitrogens is 4. The second-order valence-electron chi connectivity index (χ2n) is 10.1. The zero-order valence-electron chi connectivity index (χ0n) is 21.8. The largest absolute Gasteiger partial charge is 0.354 e. The fraction of sp³-hybridized carbons (Fsp3) is 0.200. The molecule has 2 amide bonds. The number of hydrogen-bond donors (Lipinski definition) is 2. The molecule has 3 heterocycles. The molecule has 1 fully saturated rings. The van der Waals surface area contributed by atoms with Gasteiger partial charge in [0.25, 0.3) is 0 Å². The Kier molecular flexibility index (Phi) is 7.04. The van der Waals surface area contributed by atoms with Crippen LogP contribution in [0.3, 0.4) is 0 Å². The predicted molar refractivity (Wildman–Crippen MR) is 161 cm³/mol. The van der Waals surface area contributed by atoms with Gasteiger partial charge in [-0.25, -0.2) is 19.7 Å². The van der Waals surface area contributed by atoms with Crippen molar-refractivity contribution in [2.45, 2.75) is 25.3 Å². The van der Waals surface area contributed by atoms with Gasteiger partial charge in [-0.05, 0) is 68.3 Å². The number of rotatable bonds is 5. The highest BCUT2D eigenvalue weighted by Gasteiger charge is 2.33. The van der Waals surface area contributed by atoms with Crippen molar-refractivity contribution < 1.29 is 4.79 Å². The summed E-state index contributed by atoms with van der Waals surface area (Å²) < 4.78 is 1.99. The number of nitrogens with one attached hydrogen (secondary N) is 2. The first-order valence-corrected chi connectivity index (χ1v) is 13.8. The van der Waals surface area contributed by atoms with Crippen LogP contribution in [0.25, 0.3) is 28.2 Å². The normalized spacial score (nSPS) is 14.7. The summed E-state index contributed by atoms with van der Waals surface area (Å²) in [6, 6.07) is 24.4. The number of carbonyl (C=O) groups excluding carboxylic acids is 1. The van der Waals surface area contributed by atoms with Gasteiger partial charge in [0.05, 0.1) is 5.02 Å². The van der Waals surface area contributed by atoms with Gasteiger partial charge in [0.15, 0.2) is 17.0 Å².